The minimum atomic E-state index is -0.0406. The first-order valence-corrected chi connectivity index (χ1v) is 8.72. The van der Waals surface area contributed by atoms with Crippen LogP contribution in [0.5, 0.6) is 5.75 Å². The molecule has 1 aromatic rings. The Balaban J connectivity index is 1.80. The summed E-state index contributed by atoms with van der Waals surface area (Å²) in [4.78, 5) is 1.32. The fourth-order valence-electron chi connectivity index (χ4n) is 3.61. The van der Waals surface area contributed by atoms with Crippen LogP contribution in [0.2, 0.25) is 0 Å². The standard InChI is InChI=1S/C16H25NO3S/c1-3-17-14(15-13(18-2)5-9-21-15)12-4-7-20-16(10-12)6-8-19-11-16/h5,9,12,14,17H,3-4,6-8,10-11H2,1-2H3. The number of methoxy groups -OCH3 is 1. The summed E-state index contributed by atoms with van der Waals surface area (Å²) < 4.78 is 17.2. The number of rotatable bonds is 5. The lowest BCUT2D eigenvalue weighted by atomic mass is 9.80. The van der Waals surface area contributed by atoms with Gasteiger partial charge in [0.25, 0.3) is 0 Å². The first-order chi connectivity index (χ1) is 10.3. The van der Waals surface area contributed by atoms with Gasteiger partial charge in [0, 0.05) is 25.7 Å². The van der Waals surface area contributed by atoms with E-state index in [4.69, 9.17) is 14.2 Å². The number of ether oxygens (including phenoxy) is 3. The van der Waals surface area contributed by atoms with Crippen molar-refractivity contribution in [2.75, 3.05) is 33.5 Å². The van der Waals surface area contributed by atoms with E-state index >= 15 is 0 Å². The second-order valence-electron chi connectivity index (χ2n) is 5.98. The first-order valence-electron chi connectivity index (χ1n) is 7.84. The summed E-state index contributed by atoms with van der Waals surface area (Å²) in [5, 5.41) is 5.79. The molecule has 2 fully saturated rings. The molecule has 0 aromatic carbocycles. The minimum Gasteiger partial charge on any atom is -0.496 e. The molecule has 3 atom stereocenters. The molecule has 2 saturated heterocycles. The van der Waals surface area contributed by atoms with Crippen molar-refractivity contribution in [3.63, 3.8) is 0 Å². The highest BCUT2D eigenvalue weighted by Crippen LogP contribution is 2.44. The topological polar surface area (TPSA) is 39.7 Å². The van der Waals surface area contributed by atoms with Crippen LogP contribution < -0.4 is 10.1 Å². The highest BCUT2D eigenvalue weighted by molar-refractivity contribution is 7.10. The lowest BCUT2D eigenvalue weighted by molar-refractivity contribution is -0.103. The van der Waals surface area contributed by atoms with E-state index in [1.54, 1.807) is 18.4 Å². The SMILES string of the molecule is CCNC(c1sccc1OC)C1CCOC2(CCOC2)C1. The van der Waals surface area contributed by atoms with E-state index in [0.29, 0.717) is 12.0 Å². The van der Waals surface area contributed by atoms with Crippen LogP contribution in [0.4, 0.5) is 0 Å². The summed E-state index contributed by atoms with van der Waals surface area (Å²) in [7, 11) is 1.75. The molecular formula is C16H25NO3S. The Kier molecular flexibility index (Phi) is 4.84. The molecule has 2 aliphatic rings. The van der Waals surface area contributed by atoms with Crippen LogP contribution in [-0.2, 0) is 9.47 Å². The van der Waals surface area contributed by atoms with Gasteiger partial charge < -0.3 is 19.5 Å². The van der Waals surface area contributed by atoms with Crippen molar-refractivity contribution >= 4 is 11.3 Å². The number of nitrogens with one attached hydrogen (secondary N) is 1. The molecule has 3 rings (SSSR count). The quantitative estimate of drug-likeness (QED) is 0.907. The summed E-state index contributed by atoms with van der Waals surface area (Å²) >= 11 is 1.79. The fraction of sp³-hybridized carbons (Fsp3) is 0.750. The normalized spacial score (nSPS) is 30.7. The maximum Gasteiger partial charge on any atom is 0.134 e. The summed E-state index contributed by atoms with van der Waals surface area (Å²) in [5.41, 5.74) is -0.0406. The van der Waals surface area contributed by atoms with Crippen molar-refractivity contribution in [1.82, 2.24) is 5.32 Å². The Morgan fingerprint density at radius 1 is 1.52 bits per heavy atom. The van der Waals surface area contributed by atoms with Crippen molar-refractivity contribution in [3.05, 3.63) is 16.3 Å². The zero-order valence-corrected chi connectivity index (χ0v) is 13.7. The second-order valence-corrected chi connectivity index (χ2v) is 6.92. The van der Waals surface area contributed by atoms with Gasteiger partial charge in [0.05, 0.1) is 24.2 Å². The van der Waals surface area contributed by atoms with Crippen LogP contribution in [0.3, 0.4) is 0 Å². The van der Waals surface area contributed by atoms with Crippen molar-refractivity contribution in [2.24, 2.45) is 5.92 Å². The smallest absolute Gasteiger partial charge is 0.134 e. The Bertz CT molecular complexity index is 456. The zero-order valence-electron chi connectivity index (χ0n) is 12.9. The molecule has 3 heterocycles. The maximum atomic E-state index is 6.08. The molecular weight excluding hydrogens is 286 g/mol. The molecule has 4 nitrogen and oxygen atoms in total. The lowest BCUT2D eigenvalue weighted by Gasteiger charge is -2.40. The molecule has 0 bridgehead atoms. The summed E-state index contributed by atoms with van der Waals surface area (Å²) in [5.74, 6) is 1.59. The molecule has 1 aromatic heterocycles. The van der Waals surface area contributed by atoms with Gasteiger partial charge in [0.1, 0.15) is 5.75 Å². The predicted octanol–water partition coefficient (Wildman–Crippen LogP) is 2.99. The largest absolute Gasteiger partial charge is 0.496 e. The van der Waals surface area contributed by atoms with Crippen molar-refractivity contribution in [2.45, 2.75) is 37.8 Å². The molecule has 118 valence electrons. The van der Waals surface area contributed by atoms with E-state index in [1.165, 1.54) is 4.88 Å². The molecule has 0 radical (unpaired) electrons. The van der Waals surface area contributed by atoms with Gasteiger partial charge in [-0.15, -0.1) is 11.3 Å². The third-order valence-corrected chi connectivity index (χ3v) is 5.63. The van der Waals surface area contributed by atoms with Crippen molar-refractivity contribution in [3.8, 4) is 5.75 Å². The highest BCUT2D eigenvalue weighted by Gasteiger charge is 2.43. The van der Waals surface area contributed by atoms with Crippen LogP contribution in [0.1, 0.15) is 37.1 Å². The van der Waals surface area contributed by atoms with E-state index in [0.717, 1.165) is 51.4 Å². The van der Waals surface area contributed by atoms with E-state index < -0.39 is 0 Å². The molecule has 0 aliphatic carbocycles. The Labute approximate surface area is 130 Å². The van der Waals surface area contributed by atoms with E-state index in [1.807, 2.05) is 0 Å². The molecule has 0 amide bonds. The molecule has 1 spiro atoms. The summed E-state index contributed by atoms with van der Waals surface area (Å²) in [6.07, 6.45) is 3.20. The van der Waals surface area contributed by atoms with E-state index in [-0.39, 0.29) is 5.60 Å². The molecule has 0 saturated carbocycles. The van der Waals surface area contributed by atoms with Crippen LogP contribution in [-0.4, -0.2) is 39.1 Å². The Morgan fingerprint density at radius 3 is 3.14 bits per heavy atom. The molecule has 1 N–H and O–H groups in total. The minimum absolute atomic E-state index is 0.0406. The van der Waals surface area contributed by atoms with Crippen molar-refractivity contribution in [1.29, 1.82) is 0 Å². The average molecular weight is 311 g/mol. The van der Waals surface area contributed by atoms with Crippen LogP contribution in [0.25, 0.3) is 0 Å². The highest BCUT2D eigenvalue weighted by atomic mass is 32.1. The third kappa shape index (κ3) is 3.11. The molecule has 21 heavy (non-hydrogen) atoms. The Morgan fingerprint density at radius 2 is 2.43 bits per heavy atom. The first kappa shape index (κ1) is 15.3. The zero-order chi connectivity index (χ0) is 14.7. The Hall–Kier alpha value is -0.620. The van der Waals surface area contributed by atoms with Crippen LogP contribution in [0.15, 0.2) is 11.4 Å². The number of thiophene rings is 1. The third-order valence-electron chi connectivity index (χ3n) is 4.65. The van der Waals surface area contributed by atoms with E-state index in [2.05, 4.69) is 23.7 Å². The average Bonchev–Trinajstić information content (AvgIpc) is 3.14. The van der Waals surface area contributed by atoms with Gasteiger partial charge in [0.15, 0.2) is 0 Å². The molecule has 3 unspecified atom stereocenters. The van der Waals surface area contributed by atoms with Gasteiger partial charge in [-0.3, -0.25) is 0 Å². The number of hydrogen-bond donors (Lipinski definition) is 1. The van der Waals surface area contributed by atoms with Crippen LogP contribution >= 0.6 is 11.3 Å². The molecule has 2 aliphatic heterocycles. The number of hydrogen-bond acceptors (Lipinski definition) is 5. The monoisotopic (exact) mass is 311 g/mol. The van der Waals surface area contributed by atoms with Gasteiger partial charge >= 0.3 is 0 Å². The predicted molar refractivity (Wildman–Crippen MR) is 84.1 cm³/mol. The van der Waals surface area contributed by atoms with E-state index in [9.17, 15) is 0 Å². The van der Waals surface area contributed by atoms with Gasteiger partial charge in [-0.25, -0.2) is 0 Å². The maximum absolute atomic E-state index is 6.08. The lowest BCUT2D eigenvalue weighted by Crippen LogP contribution is -2.44. The van der Waals surface area contributed by atoms with Gasteiger partial charge in [-0.05, 0) is 36.8 Å². The fourth-order valence-corrected chi connectivity index (χ4v) is 4.64. The van der Waals surface area contributed by atoms with Crippen molar-refractivity contribution < 1.29 is 14.2 Å². The summed E-state index contributed by atoms with van der Waals surface area (Å²) in [6, 6.07) is 2.42. The van der Waals surface area contributed by atoms with Crippen LogP contribution in [0, 0.1) is 5.92 Å². The van der Waals surface area contributed by atoms with Gasteiger partial charge in [-0.1, -0.05) is 6.92 Å². The van der Waals surface area contributed by atoms with Gasteiger partial charge in [0.2, 0.25) is 0 Å². The van der Waals surface area contributed by atoms with Gasteiger partial charge in [-0.2, -0.15) is 0 Å². The second kappa shape index (κ2) is 6.65. The summed E-state index contributed by atoms with van der Waals surface area (Å²) in [6.45, 7) is 5.56. The molecule has 5 heteroatoms.